The zero-order valence-corrected chi connectivity index (χ0v) is 11.6. The summed E-state index contributed by atoms with van der Waals surface area (Å²) in [6.07, 6.45) is 0. The molecule has 2 aromatic rings. The van der Waals surface area contributed by atoms with Crippen LogP contribution < -0.4 is 0 Å². The summed E-state index contributed by atoms with van der Waals surface area (Å²) in [6, 6.07) is 6.15. The van der Waals surface area contributed by atoms with E-state index < -0.39 is 5.82 Å². The topological polar surface area (TPSA) is 25.8 Å². The van der Waals surface area contributed by atoms with E-state index in [0.29, 0.717) is 20.6 Å². The Hall–Kier alpha value is -0.520. The van der Waals surface area contributed by atoms with E-state index in [-0.39, 0.29) is 5.02 Å². The molecule has 1 heterocycles. The fourth-order valence-corrected chi connectivity index (χ4v) is 2.35. The molecule has 0 aliphatic rings. The maximum atomic E-state index is 13.3. The van der Waals surface area contributed by atoms with E-state index in [2.05, 4.69) is 41.8 Å². The molecule has 0 radical (unpaired) electrons. The second kappa shape index (κ2) is 4.77. The lowest BCUT2D eigenvalue weighted by molar-refractivity contribution is 0.628. The largest absolute Gasteiger partial charge is 0.221 e. The van der Waals surface area contributed by atoms with Gasteiger partial charge in [-0.3, -0.25) is 0 Å². The molecule has 0 fully saturated rings. The number of aromatic nitrogens is 2. The molecule has 6 heteroatoms. The Morgan fingerprint density at radius 1 is 1.06 bits per heavy atom. The molecule has 2 nitrogen and oxygen atoms in total. The van der Waals surface area contributed by atoms with Gasteiger partial charge in [0.15, 0.2) is 5.82 Å². The highest BCUT2D eigenvalue weighted by molar-refractivity contribution is 9.11. The Bertz CT molecular complexity index is 528. The normalized spacial score (nSPS) is 10.5. The third kappa shape index (κ3) is 2.59. The van der Waals surface area contributed by atoms with Gasteiger partial charge in [0.05, 0.1) is 5.02 Å². The smallest absolute Gasteiger partial charge is 0.161 e. The zero-order valence-electron chi connectivity index (χ0n) is 7.72. The second-order valence-electron chi connectivity index (χ2n) is 2.97. The van der Waals surface area contributed by atoms with E-state index in [1.807, 2.05) is 0 Å². The summed E-state index contributed by atoms with van der Waals surface area (Å²) in [4.78, 5) is 8.28. The molecular weight excluding hydrogens is 362 g/mol. The maximum absolute atomic E-state index is 13.3. The molecule has 0 saturated heterocycles. The van der Waals surface area contributed by atoms with Crippen molar-refractivity contribution in [1.29, 1.82) is 0 Å². The first-order valence-electron chi connectivity index (χ1n) is 4.22. The summed E-state index contributed by atoms with van der Waals surface area (Å²) in [5.74, 6) is -0.0596. The number of benzene rings is 1. The summed E-state index contributed by atoms with van der Waals surface area (Å²) in [5, 5.41) is 0.0813. The molecule has 0 spiro atoms. The first-order chi connectivity index (χ1) is 7.56. The average Bonchev–Trinajstić information content (AvgIpc) is 2.20. The van der Waals surface area contributed by atoms with Gasteiger partial charge in [0.2, 0.25) is 0 Å². The molecular formula is C10H4Br2ClFN2. The molecule has 0 unspecified atom stereocenters. The van der Waals surface area contributed by atoms with E-state index in [9.17, 15) is 4.39 Å². The third-order valence-electron chi connectivity index (χ3n) is 1.84. The van der Waals surface area contributed by atoms with Crippen LogP contribution in [0.4, 0.5) is 4.39 Å². The number of halogens is 4. The van der Waals surface area contributed by atoms with Crippen molar-refractivity contribution < 1.29 is 4.39 Å². The van der Waals surface area contributed by atoms with Gasteiger partial charge in [-0.1, -0.05) is 11.6 Å². The molecule has 0 aliphatic heterocycles. The van der Waals surface area contributed by atoms with E-state index in [1.165, 1.54) is 12.1 Å². The minimum absolute atomic E-state index is 0.0813. The van der Waals surface area contributed by atoms with Crippen molar-refractivity contribution in [3.63, 3.8) is 0 Å². The fraction of sp³-hybridized carbons (Fsp3) is 0. The Labute approximate surface area is 113 Å². The van der Waals surface area contributed by atoms with Crippen molar-refractivity contribution in [2.24, 2.45) is 0 Å². The van der Waals surface area contributed by atoms with Crippen molar-refractivity contribution in [2.75, 3.05) is 0 Å². The highest BCUT2D eigenvalue weighted by atomic mass is 79.9. The molecule has 0 atom stereocenters. The molecule has 16 heavy (non-hydrogen) atoms. The van der Waals surface area contributed by atoms with E-state index in [1.54, 1.807) is 12.1 Å². The second-order valence-corrected chi connectivity index (χ2v) is 5.00. The van der Waals surface area contributed by atoms with E-state index in [0.717, 1.165) is 0 Å². The van der Waals surface area contributed by atoms with Crippen LogP contribution in [-0.2, 0) is 0 Å². The van der Waals surface area contributed by atoms with Crippen LogP contribution in [0.15, 0.2) is 33.5 Å². The summed E-state index contributed by atoms with van der Waals surface area (Å²) in [7, 11) is 0. The number of rotatable bonds is 1. The third-order valence-corrected chi connectivity index (χ3v) is 2.96. The molecule has 1 aromatic heterocycles. The average molecular weight is 366 g/mol. The lowest BCUT2D eigenvalue weighted by Crippen LogP contribution is -1.91. The lowest BCUT2D eigenvalue weighted by atomic mass is 10.2. The maximum Gasteiger partial charge on any atom is 0.161 e. The first-order valence-corrected chi connectivity index (χ1v) is 6.18. The fourth-order valence-electron chi connectivity index (χ4n) is 1.15. The molecule has 0 N–H and O–H groups in total. The molecule has 2 rings (SSSR count). The van der Waals surface area contributed by atoms with Crippen molar-refractivity contribution in [2.45, 2.75) is 0 Å². The van der Waals surface area contributed by atoms with Gasteiger partial charge in [0.1, 0.15) is 15.0 Å². The quantitative estimate of drug-likeness (QED) is 0.697. The number of hydrogen-bond donors (Lipinski definition) is 0. The molecule has 0 aliphatic carbocycles. The highest BCUT2D eigenvalue weighted by Gasteiger charge is 2.07. The van der Waals surface area contributed by atoms with Crippen LogP contribution in [0.1, 0.15) is 0 Å². The highest BCUT2D eigenvalue weighted by Crippen LogP contribution is 2.24. The Morgan fingerprint density at radius 2 is 1.69 bits per heavy atom. The van der Waals surface area contributed by atoms with Gasteiger partial charge in [-0.25, -0.2) is 14.4 Å². The molecule has 82 valence electrons. The predicted octanol–water partition coefficient (Wildman–Crippen LogP) is 4.46. The Kier molecular flexibility index (Phi) is 3.56. The van der Waals surface area contributed by atoms with Gasteiger partial charge >= 0.3 is 0 Å². The minimum Gasteiger partial charge on any atom is -0.221 e. The number of hydrogen-bond acceptors (Lipinski definition) is 2. The van der Waals surface area contributed by atoms with Gasteiger partial charge in [-0.05, 0) is 50.1 Å². The predicted molar refractivity (Wildman–Crippen MR) is 67.8 cm³/mol. The minimum atomic E-state index is -0.487. The SMILES string of the molecule is Fc1cc(-c2nc(Br)cc(Br)n2)ccc1Cl. The van der Waals surface area contributed by atoms with Crippen molar-refractivity contribution in [3.8, 4) is 11.4 Å². The summed E-state index contributed by atoms with van der Waals surface area (Å²) in [6.45, 7) is 0. The summed E-state index contributed by atoms with van der Waals surface area (Å²) < 4.78 is 14.5. The van der Waals surface area contributed by atoms with Gasteiger partial charge < -0.3 is 0 Å². The Balaban J connectivity index is 2.54. The summed E-state index contributed by atoms with van der Waals surface area (Å²) in [5.41, 5.74) is 0.573. The van der Waals surface area contributed by atoms with Crippen molar-refractivity contribution in [3.05, 3.63) is 44.3 Å². The van der Waals surface area contributed by atoms with Gasteiger partial charge in [-0.2, -0.15) is 0 Å². The van der Waals surface area contributed by atoms with Gasteiger partial charge in [0, 0.05) is 11.6 Å². The van der Waals surface area contributed by atoms with Gasteiger partial charge in [-0.15, -0.1) is 0 Å². The monoisotopic (exact) mass is 364 g/mol. The van der Waals surface area contributed by atoms with Crippen molar-refractivity contribution in [1.82, 2.24) is 9.97 Å². The number of nitrogens with zero attached hydrogens (tertiary/aromatic N) is 2. The molecule has 0 saturated carbocycles. The van der Waals surface area contributed by atoms with Crippen LogP contribution in [0.25, 0.3) is 11.4 Å². The van der Waals surface area contributed by atoms with Crippen LogP contribution >= 0.6 is 43.5 Å². The lowest BCUT2D eigenvalue weighted by Gasteiger charge is -2.02. The van der Waals surface area contributed by atoms with E-state index >= 15 is 0 Å². The van der Waals surface area contributed by atoms with Crippen LogP contribution in [0.5, 0.6) is 0 Å². The van der Waals surface area contributed by atoms with Crippen LogP contribution in [0, 0.1) is 5.82 Å². The van der Waals surface area contributed by atoms with Gasteiger partial charge in [0.25, 0.3) is 0 Å². The van der Waals surface area contributed by atoms with Crippen molar-refractivity contribution >= 4 is 43.5 Å². The molecule has 0 amide bonds. The standard InChI is InChI=1S/C10H4Br2ClFN2/c11-8-4-9(12)16-10(15-8)5-1-2-6(13)7(14)3-5/h1-4H. The van der Waals surface area contributed by atoms with Crippen LogP contribution in [-0.4, -0.2) is 9.97 Å². The first kappa shape index (κ1) is 12.0. The van der Waals surface area contributed by atoms with E-state index in [4.69, 9.17) is 11.6 Å². The molecule has 0 bridgehead atoms. The molecule has 1 aromatic carbocycles. The zero-order chi connectivity index (χ0) is 11.7. The summed E-state index contributed by atoms with van der Waals surface area (Å²) >= 11 is 12.1. The Morgan fingerprint density at radius 3 is 2.25 bits per heavy atom. The van der Waals surface area contributed by atoms with Crippen LogP contribution in [0.3, 0.4) is 0 Å². The van der Waals surface area contributed by atoms with Crippen LogP contribution in [0.2, 0.25) is 5.02 Å².